The number of aromatic nitrogens is 2. The summed E-state index contributed by atoms with van der Waals surface area (Å²) >= 11 is 0. The summed E-state index contributed by atoms with van der Waals surface area (Å²) in [7, 11) is 0. The van der Waals surface area contributed by atoms with E-state index in [9.17, 15) is 4.79 Å². The number of hydrogen-bond donors (Lipinski definition) is 1. The molecule has 3 rings (SSSR count). The quantitative estimate of drug-likeness (QED) is 0.909. The molecule has 2 heterocycles. The molecule has 0 aliphatic carbocycles. The fourth-order valence-corrected chi connectivity index (χ4v) is 2.35. The van der Waals surface area contributed by atoms with Crippen LogP contribution < -0.4 is 9.64 Å². The first kappa shape index (κ1) is 13.4. The van der Waals surface area contributed by atoms with Crippen molar-refractivity contribution >= 4 is 11.8 Å². The Morgan fingerprint density at radius 3 is 2.86 bits per heavy atom. The van der Waals surface area contributed by atoms with E-state index in [4.69, 9.17) is 9.84 Å². The molecule has 1 unspecified atom stereocenters. The molecule has 0 radical (unpaired) electrons. The number of aromatic carboxylic acids is 1. The van der Waals surface area contributed by atoms with Crippen LogP contribution in [0.5, 0.6) is 5.75 Å². The SMILES string of the molecule is CC1CN(c2cnc(C(=O)O)cn2)Cc2ccccc2O1. The molecule has 0 saturated heterocycles. The third-order valence-electron chi connectivity index (χ3n) is 3.32. The van der Waals surface area contributed by atoms with Gasteiger partial charge in [0.1, 0.15) is 17.7 Å². The number of fused-ring (bicyclic) bond motifs is 1. The van der Waals surface area contributed by atoms with Crippen LogP contribution in [-0.2, 0) is 6.54 Å². The van der Waals surface area contributed by atoms with Crippen LogP contribution in [0.25, 0.3) is 0 Å². The third kappa shape index (κ3) is 2.79. The van der Waals surface area contributed by atoms with Crippen molar-refractivity contribution in [2.75, 3.05) is 11.4 Å². The zero-order chi connectivity index (χ0) is 14.8. The Labute approximate surface area is 122 Å². The molecular weight excluding hydrogens is 270 g/mol. The molecule has 1 aliphatic heterocycles. The van der Waals surface area contributed by atoms with Crippen molar-refractivity contribution in [3.63, 3.8) is 0 Å². The topological polar surface area (TPSA) is 75.6 Å². The second kappa shape index (κ2) is 5.40. The van der Waals surface area contributed by atoms with Crippen molar-refractivity contribution in [2.45, 2.75) is 19.6 Å². The summed E-state index contributed by atoms with van der Waals surface area (Å²) in [6.45, 7) is 3.31. The van der Waals surface area contributed by atoms with Gasteiger partial charge in [0.05, 0.1) is 18.9 Å². The van der Waals surface area contributed by atoms with Crippen LogP contribution in [0.3, 0.4) is 0 Å². The van der Waals surface area contributed by atoms with Crippen molar-refractivity contribution < 1.29 is 14.6 Å². The van der Waals surface area contributed by atoms with E-state index in [-0.39, 0.29) is 11.8 Å². The number of benzene rings is 1. The Morgan fingerprint density at radius 1 is 1.33 bits per heavy atom. The van der Waals surface area contributed by atoms with Gasteiger partial charge in [-0.05, 0) is 13.0 Å². The molecule has 0 bridgehead atoms. The normalized spacial score (nSPS) is 17.6. The largest absolute Gasteiger partial charge is 0.489 e. The van der Waals surface area contributed by atoms with Crippen molar-refractivity contribution in [3.8, 4) is 5.75 Å². The number of nitrogens with zero attached hydrogens (tertiary/aromatic N) is 3. The highest BCUT2D eigenvalue weighted by Crippen LogP contribution is 2.26. The Hall–Kier alpha value is -2.63. The lowest BCUT2D eigenvalue weighted by atomic mass is 10.2. The molecule has 0 amide bonds. The minimum atomic E-state index is -1.08. The van der Waals surface area contributed by atoms with Crippen LogP contribution in [0.1, 0.15) is 23.0 Å². The Bertz CT molecular complexity index is 657. The molecule has 6 nitrogen and oxygen atoms in total. The summed E-state index contributed by atoms with van der Waals surface area (Å²) in [5, 5.41) is 8.87. The molecule has 1 N–H and O–H groups in total. The average Bonchev–Trinajstić information content (AvgIpc) is 2.65. The van der Waals surface area contributed by atoms with Crippen LogP contribution in [0, 0.1) is 0 Å². The minimum Gasteiger partial charge on any atom is -0.489 e. The highest BCUT2D eigenvalue weighted by molar-refractivity contribution is 5.84. The van der Waals surface area contributed by atoms with Gasteiger partial charge in [0.2, 0.25) is 0 Å². The standard InChI is InChI=1S/C15H15N3O3/c1-10-8-18(9-11-4-2-3-5-13(11)21-10)14-7-16-12(6-17-14)15(19)20/h2-7,10H,8-9H2,1H3,(H,19,20). The fourth-order valence-electron chi connectivity index (χ4n) is 2.35. The lowest BCUT2D eigenvalue weighted by Crippen LogP contribution is -2.31. The van der Waals surface area contributed by atoms with Crippen LogP contribution >= 0.6 is 0 Å². The van der Waals surface area contributed by atoms with Crippen LogP contribution in [0.4, 0.5) is 5.82 Å². The molecule has 2 aromatic rings. The van der Waals surface area contributed by atoms with Crippen molar-refractivity contribution in [2.24, 2.45) is 0 Å². The maximum absolute atomic E-state index is 10.8. The number of anilines is 1. The molecular formula is C15H15N3O3. The number of hydrogen-bond acceptors (Lipinski definition) is 5. The summed E-state index contributed by atoms with van der Waals surface area (Å²) in [6.07, 6.45) is 2.78. The van der Waals surface area contributed by atoms with E-state index in [1.165, 1.54) is 12.4 Å². The Morgan fingerprint density at radius 2 is 2.14 bits per heavy atom. The predicted molar refractivity (Wildman–Crippen MR) is 76.6 cm³/mol. The smallest absolute Gasteiger partial charge is 0.356 e. The zero-order valence-electron chi connectivity index (χ0n) is 11.6. The second-order valence-corrected chi connectivity index (χ2v) is 4.98. The van der Waals surface area contributed by atoms with Gasteiger partial charge in [0, 0.05) is 12.1 Å². The molecule has 1 aromatic carbocycles. The first-order valence-electron chi connectivity index (χ1n) is 6.68. The van der Waals surface area contributed by atoms with Gasteiger partial charge in [-0.15, -0.1) is 0 Å². The van der Waals surface area contributed by atoms with Gasteiger partial charge in [-0.25, -0.2) is 14.8 Å². The van der Waals surface area contributed by atoms with Gasteiger partial charge in [-0.1, -0.05) is 18.2 Å². The van der Waals surface area contributed by atoms with E-state index in [1.54, 1.807) is 0 Å². The Balaban J connectivity index is 1.90. The summed E-state index contributed by atoms with van der Waals surface area (Å²) in [5.41, 5.74) is 1.02. The van der Waals surface area contributed by atoms with Gasteiger partial charge in [0.25, 0.3) is 0 Å². The first-order chi connectivity index (χ1) is 10.1. The van der Waals surface area contributed by atoms with Gasteiger partial charge in [0.15, 0.2) is 5.69 Å². The molecule has 6 heteroatoms. The van der Waals surface area contributed by atoms with Gasteiger partial charge < -0.3 is 14.7 Å². The number of ether oxygens (including phenoxy) is 1. The third-order valence-corrected chi connectivity index (χ3v) is 3.32. The predicted octanol–water partition coefficient (Wildman–Crippen LogP) is 1.96. The summed E-state index contributed by atoms with van der Waals surface area (Å²) < 4.78 is 5.89. The number of carboxylic acids is 1. The van der Waals surface area contributed by atoms with Gasteiger partial charge >= 0.3 is 5.97 Å². The summed E-state index contributed by atoms with van der Waals surface area (Å²) in [6, 6.07) is 7.88. The van der Waals surface area contributed by atoms with Crippen molar-refractivity contribution in [1.29, 1.82) is 0 Å². The molecule has 1 atom stereocenters. The van der Waals surface area contributed by atoms with Crippen molar-refractivity contribution in [3.05, 3.63) is 47.9 Å². The monoisotopic (exact) mass is 285 g/mol. The molecule has 108 valence electrons. The summed E-state index contributed by atoms with van der Waals surface area (Å²) in [4.78, 5) is 21.0. The molecule has 1 aromatic heterocycles. The fraction of sp³-hybridized carbons (Fsp3) is 0.267. The van der Waals surface area contributed by atoms with Gasteiger partial charge in [-0.2, -0.15) is 0 Å². The van der Waals surface area contributed by atoms with E-state index >= 15 is 0 Å². The molecule has 0 fully saturated rings. The number of carboxylic acid groups (broad SMARTS) is 1. The van der Waals surface area contributed by atoms with E-state index < -0.39 is 5.97 Å². The van der Waals surface area contributed by atoms with E-state index in [2.05, 4.69) is 9.97 Å². The number of rotatable bonds is 2. The second-order valence-electron chi connectivity index (χ2n) is 4.98. The van der Waals surface area contributed by atoms with Crippen molar-refractivity contribution in [1.82, 2.24) is 9.97 Å². The molecule has 0 saturated carbocycles. The molecule has 0 spiro atoms. The summed E-state index contributed by atoms with van der Waals surface area (Å²) in [5.74, 6) is 0.446. The number of para-hydroxylation sites is 1. The van der Waals surface area contributed by atoms with E-state index in [1.807, 2.05) is 36.1 Å². The molecule has 21 heavy (non-hydrogen) atoms. The zero-order valence-corrected chi connectivity index (χ0v) is 11.6. The maximum atomic E-state index is 10.8. The van der Waals surface area contributed by atoms with E-state index in [0.717, 1.165) is 11.3 Å². The van der Waals surface area contributed by atoms with Crippen LogP contribution in [0.2, 0.25) is 0 Å². The molecule has 1 aliphatic rings. The highest BCUT2D eigenvalue weighted by Gasteiger charge is 2.21. The Kier molecular flexibility index (Phi) is 3.43. The first-order valence-corrected chi connectivity index (χ1v) is 6.68. The number of carbonyl (C=O) groups is 1. The lowest BCUT2D eigenvalue weighted by molar-refractivity contribution is 0.0690. The highest BCUT2D eigenvalue weighted by atomic mass is 16.5. The maximum Gasteiger partial charge on any atom is 0.356 e. The van der Waals surface area contributed by atoms with Crippen LogP contribution in [0.15, 0.2) is 36.7 Å². The average molecular weight is 285 g/mol. The minimum absolute atomic E-state index is 0.00889. The van der Waals surface area contributed by atoms with Gasteiger partial charge in [-0.3, -0.25) is 0 Å². The van der Waals surface area contributed by atoms with Crippen LogP contribution in [-0.4, -0.2) is 33.7 Å². The lowest BCUT2D eigenvalue weighted by Gasteiger charge is -2.22. The van der Waals surface area contributed by atoms with E-state index in [0.29, 0.717) is 18.9 Å².